The summed E-state index contributed by atoms with van der Waals surface area (Å²) in [5.41, 5.74) is 1.57. The highest BCUT2D eigenvalue weighted by molar-refractivity contribution is 6.31. The molecule has 2 aromatic carbocycles. The molecule has 0 aliphatic carbocycles. The number of carbonyl (C=O) groups is 3. The molecule has 0 atom stereocenters. The SMILES string of the molecule is COc1ccc(Cl)cc1C(=O)CCC(=O)Nc1ccc(NC(C)=O)cc1. The van der Waals surface area contributed by atoms with Gasteiger partial charge in [-0.05, 0) is 42.5 Å². The van der Waals surface area contributed by atoms with Crippen LogP contribution in [0.5, 0.6) is 5.75 Å². The predicted octanol–water partition coefficient (Wildman–Crippen LogP) is 3.91. The van der Waals surface area contributed by atoms with Crippen LogP contribution in [0, 0.1) is 0 Å². The van der Waals surface area contributed by atoms with Crippen LogP contribution >= 0.6 is 11.6 Å². The lowest BCUT2D eigenvalue weighted by molar-refractivity contribution is -0.116. The first-order valence-corrected chi connectivity index (χ1v) is 8.31. The molecule has 136 valence electrons. The summed E-state index contributed by atoms with van der Waals surface area (Å²) in [5.74, 6) is -0.253. The smallest absolute Gasteiger partial charge is 0.224 e. The number of hydrogen-bond donors (Lipinski definition) is 2. The van der Waals surface area contributed by atoms with Crippen molar-refractivity contribution in [3.63, 3.8) is 0 Å². The molecule has 0 bridgehead atoms. The largest absolute Gasteiger partial charge is 0.496 e. The van der Waals surface area contributed by atoms with Gasteiger partial charge in [0.1, 0.15) is 5.75 Å². The summed E-state index contributed by atoms with van der Waals surface area (Å²) >= 11 is 5.92. The number of benzene rings is 2. The number of carbonyl (C=O) groups excluding carboxylic acids is 3. The van der Waals surface area contributed by atoms with Crippen LogP contribution in [-0.4, -0.2) is 24.7 Å². The molecular weight excluding hydrogens is 356 g/mol. The van der Waals surface area contributed by atoms with E-state index >= 15 is 0 Å². The van der Waals surface area contributed by atoms with E-state index in [4.69, 9.17) is 16.3 Å². The fourth-order valence-corrected chi connectivity index (χ4v) is 2.50. The second-order valence-electron chi connectivity index (χ2n) is 5.57. The Bertz CT molecular complexity index is 819. The minimum Gasteiger partial charge on any atom is -0.496 e. The normalized spacial score (nSPS) is 10.1. The average molecular weight is 375 g/mol. The lowest BCUT2D eigenvalue weighted by Gasteiger charge is -2.09. The van der Waals surface area contributed by atoms with Gasteiger partial charge in [0.2, 0.25) is 11.8 Å². The maximum Gasteiger partial charge on any atom is 0.224 e. The van der Waals surface area contributed by atoms with Crippen molar-refractivity contribution >= 4 is 40.6 Å². The monoisotopic (exact) mass is 374 g/mol. The van der Waals surface area contributed by atoms with E-state index in [1.165, 1.54) is 20.1 Å². The average Bonchev–Trinajstić information content (AvgIpc) is 2.61. The molecule has 0 fully saturated rings. The van der Waals surface area contributed by atoms with Gasteiger partial charge in [-0.15, -0.1) is 0 Å². The second kappa shape index (κ2) is 9.01. The second-order valence-corrected chi connectivity index (χ2v) is 6.01. The minimum absolute atomic E-state index is 0.0297. The highest BCUT2D eigenvalue weighted by atomic mass is 35.5. The third kappa shape index (κ3) is 5.60. The number of hydrogen-bond acceptors (Lipinski definition) is 4. The van der Waals surface area contributed by atoms with Crippen LogP contribution in [0.25, 0.3) is 0 Å². The van der Waals surface area contributed by atoms with Crippen LogP contribution in [0.15, 0.2) is 42.5 Å². The molecule has 2 rings (SSSR count). The zero-order valence-electron chi connectivity index (χ0n) is 14.5. The zero-order valence-corrected chi connectivity index (χ0v) is 15.2. The van der Waals surface area contributed by atoms with Crippen LogP contribution in [-0.2, 0) is 9.59 Å². The Kier molecular flexibility index (Phi) is 6.74. The molecular formula is C19H19ClN2O4. The molecule has 0 aromatic heterocycles. The number of methoxy groups -OCH3 is 1. The van der Waals surface area contributed by atoms with Crippen molar-refractivity contribution in [3.05, 3.63) is 53.1 Å². The molecule has 0 saturated carbocycles. The van der Waals surface area contributed by atoms with Gasteiger partial charge < -0.3 is 15.4 Å². The number of ketones is 1. The molecule has 0 heterocycles. The van der Waals surface area contributed by atoms with Gasteiger partial charge in [-0.1, -0.05) is 11.6 Å². The van der Waals surface area contributed by atoms with E-state index in [-0.39, 0.29) is 30.4 Å². The predicted molar refractivity (Wildman–Crippen MR) is 101 cm³/mol. The summed E-state index contributed by atoms with van der Waals surface area (Å²) in [6, 6.07) is 11.5. The van der Waals surface area contributed by atoms with E-state index < -0.39 is 0 Å². The summed E-state index contributed by atoms with van der Waals surface area (Å²) < 4.78 is 5.15. The summed E-state index contributed by atoms with van der Waals surface area (Å²) in [5, 5.41) is 5.78. The number of halogens is 1. The van der Waals surface area contributed by atoms with Gasteiger partial charge in [-0.3, -0.25) is 14.4 Å². The Morgan fingerprint density at radius 2 is 1.58 bits per heavy atom. The number of Topliss-reactive ketones (excluding diaryl/α,β-unsaturated/α-hetero) is 1. The molecule has 2 N–H and O–H groups in total. The number of amides is 2. The topological polar surface area (TPSA) is 84.5 Å². The third-order valence-corrected chi connectivity index (χ3v) is 3.77. The van der Waals surface area contributed by atoms with E-state index in [1.54, 1.807) is 36.4 Å². The maximum atomic E-state index is 12.3. The molecule has 7 heteroatoms. The van der Waals surface area contributed by atoms with Gasteiger partial charge in [0.25, 0.3) is 0 Å². The molecule has 6 nitrogen and oxygen atoms in total. The Labute approximate surface area is 156 Å². The third-order valence-electron chi connectivity index (χ3n) is 3.53. The molecule has 2 amide bonds. The van der Waals surface area contributed by atoms with E-state index in [9.17, 15) is 14.4 Å². The number of anilines is 2. The molecule has 0 radical (unpaired) electrons. The first kappa shape index (κ1) is 19.5. The summed E-state index contributed by atoms with van der Waals surface area (Å²) in [6.07, 6.45) is 0.0639. The molecule has 0 aliphatic rings. The standard InChI is InChI=1S/C19H19ClN2O4/c1-12(23)21-14-4-6-15(7-5-14)22-19(25)10-8-17(24)16-11-13(20)3-9-18(16)26-2/h3-7,9,11H,8,10H2,1-2H3,(H,21,23)(H,22,25). The quantitative estimate of drug-likeness (QED) is 0.719. The van der Waals surface area contributed by atoms with Crippen molar-refractivity contribution in [1.82, 2.24) is 0 Å². The molecule has 0 saturated heterocycles. The summed E-state index contributed by atoms with van der Waals surface area (Å²) in [7, 11) is 1.47. The fraction of sp³-hybridized carbons (Fsp3) is 0.211. The summed E-state index contributed by atoms with van der Waals surface area (Å²) in [6.45, 7) is 1.42. The van der Waals surface area contributed by atoms with Gasteiger partial charge in [0, 0.05) is 36.2 Å². The highest BCUT2D eigenvalue weighted by Crippen LogP contribution is 2.24. The van der Waals surface area contributed by atoms with Crippen molar-refractivity contribution in [1.29, 1.82) is 0 Å². The number of nitrogens with one attached hydrogen (secondary N) is 2. The van der Waals surface area contributed by atoms with Crippen LogP contribution in [0.2, 0.25) is 5.02 Å². The van der Waals surface area contributed by atoms with Crippen LogP contribution in [0.4, 0.5) is 11.4 Å². The lowest BCUT2D eigenvalue weighted by atomic mass is 10.1. The van der Waals surface area contributed by atoms with Crippen molar-refractivity contribution < 1.29 is 19.1 Å². The highest BCUT2D eigenvalue weighted by Gasteiger charge is 2.14. The van der Waals surface area contributed by atoms with Crippen LogP contribution in [0.1, 0.15) is 30.1 Å². The lowest BCUT2D eigenvalue weighted by Crippen LogP contribution is -2.14. The summed E-state index contributed by atoms with van der Waals surface area (Å²) in [4.78, 5) is 35.3. The first-order valence-electron chi connectivity index (χ1n) is 7.93. The Morgan fingerprint density at radius 3 is 2.15 bits per heavy atom. The van der Waals surface area contributed by atoms with E-state index in [0.717, 1.165) is 0 Å². The first-order chi connectivity index (χ1) is 12.4. The van der Waals surface area contributed by atoms with Crippen LogP contribution in [0.3, 0.4) is 0 Å². The maximum absolute atomic E-state index is 12.3. The zero-order chi connectivity index (χ0) is 19.1. The van der Waals surface area contributed by atoms with Crippen molar-refractivity contribution in [2.75, 3.05) is 17.7 Å². The van der Waals surface area contributed by atoms with E-state index in [2.05, 4.69) is 10.6 Å². The van der Waals surface area contributed by atoms with Gasteiger partial charge in [0.05, 0.1) is 12.7 Å². The van der Waals surface area contributed by atoms with E-state index in [1.807, 2.05) is 0 Å². The fourth-order valence-electron chi connectivity index (χ4n) is 2.32. The van der Waals surface area contributed by atoms with Gasteiger partial charge in [-0.25, -0.2) is 0 Å². The minimum atomic E-state index is -0.286. The van der Waals surface area contributed by atoms with Gasteiger partial charge >= 0.3 is 0 Å². The van der Waals surface area contributed by atoms with Crippen molar-refractivity contribution in [3.8, 4) is 5.75 Å². The Hall–Kier alpha value is -2.86. The van der Waals surface area contributed by atoms with Crippen molar-refractivity contribution in [2.24, 2.45) is 0 Å². The molecule has 2 aromatic rings. The van der Waals surface area contributed by atoms with Gasteiger partial charge in [-0.2, -0.15) is 0 Å². The van der Waals surface area contributed by atoms with Gasteiger partial charge in [0.15, 0.2) is 5.78 Å². The molecule has 0 spiro atoms. The molecule has 26 heavy (non-hydrogen) atoms. The van der Waals surface area contributed by atoms with Crippen LogP contribution < -0.4 is 15.4 Å². The molecule has 0 unspecified atom stereocenters. The van der Waals surface area contributed by atoms with Crippen molar-refractivity contribution in [2.45, 2.75) is 19.8 Å². The number of rotatable bonds is 7. The Balaban J connectivity index is 1.91. The number of ether oxygens (including phenoxy) is 1. The molecule has 0 aliphatic heterocycles. The Morgan fingerprint density at radius 1 is 0.962 bits per heavy atom. The van der Waals surface area contributed by atoms with E-state index in [0.29, 0.717) is 27.7 Å².